The Hall–Kier alpha value is -1.66. The van der Waals surface area contributed by atoms with Crippen LogP contribution >= 0.6 is 8.58 Å². The zero-order valence-corrected chi connectivity index (χ0v) is 9.39. The number of hydrogen-bond donors (Lipinski definition) is 1. The van der Waals surface area contributed by atoms with Crippen LogP contribution in [0.2, 0.25) is 0 Å². The van der Waals surface area contributed by atoms with Gasteiger partial charge in [-0.05, 0) is 31.3 Å². The molecule has 2 aromatic carbocycles. The number of carbonyl (C=O) groups is 1. The lowest BCUT2D eigenvalue weighted by molar-refractivity contribution is 0.0697. The number of carboxylic acids is 1. The highest BCUT2D eigenvalue weighted by molar-refractivity contribution is 7.55. The molecule has 0 saturated carbocycles. The Morgan fingerprint density at radius 1 is 0.875 bits per heavy atom. The number of carboxylic acid groups (broad SMARTS) is 1. The Bertz CT molecular complexity index is 477. The molecule has 0 saturated heterocycles. The maximum atomic E-state index is 10.7. The highest BCUT2D eigenvalue weighted by Gasteiger charge is 2.02. The number of rotatable bonds is 3. The molecule has 79 valence electrons. The van der Waals surface area contributed by atoms with Crippen LogP contribution in [-0.4, -0.2) is 11.1 Å². The van der Waals surface area contributed by atoms with Crippen molar-refractivity contribution >= 4 is 25.2 Å². The molecule has 16 heavy (non-hydrogen) atoms. The molecule has 0 aliphatic carbocycles. The summed E-state index contributed by atoms with van der Waals surface area (Å²) >= 11 is 0. The number of hydrogen-bond acceptors (Lipinski definition) is 1. The molecule has 0 atom stereocenters. The van der Waals surface area contributed by atoms with Gasteiger partial charge in [-0.3, -0.25) is 0 Å². The fraction of sp³-hybridized carbons (Fsp3) is 0. The maximum Gasteiger partial charge on any atom is 0.335 e. The number of benzene rings is 2. The second kappa shape index (κ2) is 4.91. The Morgan fingerprint density at radius 3 is 2.00 bits per heavy atom. The summed E-state index contributed by atoms with van der Waals surface area (Å²) in [6.07, 6.45) is 0. The second-order valence-electron chi connectivity index (χ2n) is 3.30. The van der Waals surface area contributed by atoms with Crippen LogP contribution in [0, 0.1) is 0 Å². The SMILES string of the molecule is O=C(O)c1ccc([P]c2ccccc2)cc1. The average Bonchev–Trinajstić information content (AvgIpc) is 2.31. The van der Waals surface area contributed by atoms with E-state index in [1.165, 1.54) is 5.30 Å². The zero-order chi connectivity index (χ0) is 11.4. The van der Waals surface area contributed by atoms with E-state index >= 15 is 0 Å². The summed E-state index contributed by atoms with van der Waals surface area (Å²) in [6, 6.07) is 17.0. The molecule has 0 heterocycles. The highest BCUT2D eigenvalue weighted by atomic mass is 31.1. The van der Waals surface area contributed by atoms with E-state index in [-0.39, 0.29) is 0 Å². The second-order valence-corrected chi connectivity index (χ2v) is 4.56. The molecule has 0 fully saturated rings. The van der Waals surface area contributed by atoms with E-state index < -0.39 is 5.97 Å². The van der Waals surface area contributed by atoms with Gasteiger partial charge in [0.2, 0.25) is 0 Å². The van der Waals surface area contributed by atoms with Gasteiger partial charge in [-0.15, -0.1) is 0 Å². The summed E-state index contributed by atoms with van der Waals surface area (Å²) in [5, 5.41) is 11.1. The van der Waals surface area contributed by atoms with Crippen LogP contribution in [0.5, 0.6) is 0 Å². The Kier molecular flexibility index (Phi) is 3.33. The van der Waals surface area contributed by atoms with Crippen LogP contribution in [0.1, 0.15) is 10.4 Å². The van der Waals surface area contributed by atoms with Gasteiger partial charge in [-0.1, -0.05) is 42.5 Å². The minimum atomic E-state index is -0.886. The van der Waals surface area contributed by atoms with Gasteiger partial charge in [0.1, 0.15) is 0 Å². The van der Waals surface area contributed by atoms with Crippen molar-refractivity contribution in [2.45, 2.75) is 0 Å². The molecule has 0 aromatic heterocycles. The predicted molar refractivity (Wildman–Crippen MR) is 66.0 cm³/mol. The molecule has 0 aliphatic heterocycles. The quantitative estimate of drug-likeness (QED) is 0.820. The van der Waals surface area contributed by atoms with Gasteiger partial charge >= 0.3 is 5.97 Å². The summed E-state index contributed by atoms with van der Waals surface area (Å²) in [5.41, 5.74) is 0.326. The normalized spacial score (nSPS) is 10.8. The van der Waals surface area contributed by atoms with Crippen LogP contribution in [0.25, 0.3) is 0 Å². The monoisotopic (exact) mass is 229 g/mol. The lowest BCUT2D eigenvalue weighted by atomic mass is 10.2. The highest BCUT2D eigenvalue weighted by Crippen LogP contribution is 2.10. The van der Waals surface area contributed by atoms with Crippen LogP contribution in [0.15, 0.2) is 54.6 Å². The third-order valence-corrected chi connectivity index (χ3v) is 3.24. The predicted octanol–water partition coefficient (Wildman–Crippen LogP) is 2.28. The maximum absolute atomic E-state index is 10.7. The first-order chi connectivity index (χ1) is 7.75. The molecule has 2 rings (SSSR count). The minimum Gasteiger partial charge on any atom is -0.478 e. The number of aromatic carboxylic acids is 1. The van der Waals surface area contributed by atoms with E-state index in [9.17, 15) is 4.79 Å². The molecular formula is C13H10O2P. The van der Waals surface area contributed by atoms with E-state index in [1.54, 1.807) is 12.1 Å². The third-order valence-electron chi connectivity index (χ3n) is 2.13. The first kappa shape index (κ1) is 10.8. The van der Waals surface area contributed by atoms with Gasteiger partial charge in [0.15, 0.2) is 0 Å². The van der Waals surface area contributed by atoms with Gasteiger partial charge < -0.3 is 5.11 Å². The molecule has 1 N–H and O–H groups in total. The largest absolute Gasteiger partial charge is 0.478 e. The third kappa shape index (κ3) is 2.68. The van der Waals surface area contributed by atoms with E-state index in [0.717, 1.165) is 13.9 Å². The molecule has 0 bridgehead atoms. The topological polar surface area (TPSA) is 37.3 Å². The minimum absolute atomic E-state index is 0.326. The zero-order valence-electron chi connectivity index (χ0n) is 8.50. The van der Waals surface area contributed by atoms with Crippen molar-refractivity contribution in [2.75, 3.05) is 0 Å². The molecule has 0 amide bonds. The van der Waals surface area contributed by atoms with Crippen LogP contribution < -0.4 is 10.6 Å². The van der Waals surface area contributed by atoms with Crippen molar-refractivity contribution in [3.05, 3.63) is 60.2 Å². The lowest BCUT2D eigenvalue weighted by Gasteiger charge is -2.01. The smallest absolute Gasteiger partial charge is 0.335 e. The Labute approximate surface area is 95.7 Å². The summed E-state index contributed by atoms with van der Waals surface area (Å²) in [5.74, 6) is -0.886. The van der Waals surface area contributed by atoms with Gasteiger partial charge in [0.05, 0.1) is 5.56 Å². The van der Waals surface area contributed by atoms with Crippen molar-refractivity contribution in [1.29, 1.82) is 0 Å². The summed E-state index contributed by atoms with van der Waals surface area (Å²) < 4.78 is 0. The van der Waals surface area contributed by atoms with Crippen molar-refractivity contribution in [1.82, 2.24) is 0 Å². The van der Waals surface area contributed by atoms with E-state index in [2.05, 4.69) is 0 Å². The molecule has 2 nitrogen and oxygen atoms in total. The van der Waals surface area contributed by atoms with Crippen molar-refractivity contribution in [3.63, 3.8) is 0 Å². The van der Waals surface area contributed by atoms with Gasteiger partial charge in [-0.2, -0.15) is 0 Å². The van der Waals surface area contributed by atoms with Gasteiger partial charge in [0.25, 0.3) is 0 Å². The van der Waals surface area contributed by atoms with E-state index in [4.69, 9.17) is 5.11 Å². The van der Waals surface area contributed by atoms with Crippen molar-refractivity contribution in [3.8, 4) is 0 Å². The standard InChI is InChI=1S/C13H10O2P/c14-13(15)10-6-8-12(9-7-10)16-11-4-2-1-3-5-11/h1-9H,(H,14,15). The summed E-state index contributed by atoms with van der Waals surface area (Å²) in [6.45, 7) is 0. The van der Waals surface area contributed by atoms with Crippen molar-refractivity contribution in [2.24, 2.45) is 0 Å². The first-order valence-electron chi connectivity index (χ1n) is 4.86. The molecule has 2 aromatic rings. The van der Waals surface area contributed by atoms with Gasteiger partial charge in [-0.25, -0.2) is 4.79 Å². The summed E-state index contributed by atoms with van der Waals surface area (Å²) in [4.78, 5) is 10.7. The molecule has 0 spiro atoms. The molecule has 3 heteroatoms. The molecule has 1 radical (unpaired) electrons. The molecule has 0 aliphatic rings. The van der Waals surface area contributed by atoms with Gasteiger partial charge in [0, 0.05) is 0 Å². The van der Waals surface area contributed by atoms with Crippen LogP contribution in [0.4, 0.5) is 0 Å². The van der Waals surface area contributed by atoms with Crippen LogP contribution in [-0.2, 0) is 0 Å². The first-order valence-corrected chi connectivity index (χ1v) is 5.75. The van der Waals surface area contributed by atoms with E-state index in [1.807, 2.05) is 42.5 Å². The Morgan fingerprint density at radius 2 is 1.44 bits per heavy atom. The lowest BCUT2D eigenvalue weighted by Crippen LogP contribution is -2.04. The average molecular weight is 229 g/mol. The fourth-order valence-corrected chi connectivity index (χ4v) is 2.25. The molecular weight excluding hydrogens is 219 g/mol. The Balaban J connectivity index is 2.14. The van der Waals surface area contributed by atoms with E-state index in [0.29, 0.717) is 5.56 Å². The van der Waals surface area contributed by atoms with Crippen LogP contribution in [0.3, 0.4) is 0 Å². The molecule has 0 unspecified atom stereocenters. The fourth-order valence-electron chi connectivity index (χ4n) is 1.33. The summed E-state index contributed by atoms with van der Waals surface area (Å²) in [7, 11) is 1.09. The van der Waals surface area contributed by atoms with Crippen molar-refractivity contribution < 1.29 is 9.90 Å².